The molecule has 0 saturated carbocycles. The normalized spacial score (nSPS) is 12.1. The molecule has 106 valence electrons. The van der Waals surface area contributed by atoms with Gasteiger partial charge in [0.1, 0.15) is 0 Å². The second kappa shape index (κ2) is 5.96. The van der Waals surface area contributed by atoms with Gasteiger partial charge in [-0.2, -0.15) is 0 Å². The number of carbonyl (C=O) groups is 1. The molecule has 20 heavy (non-hydrogen) atoms. The molecule has 0 saturated heterocycles. The second-order valence-corrected chi connectivity index (χ2v) is 6.14. The molecule has 4 nitrogen and oxygen atoms in total. The lowest BCUT2D eigenvalue weighted by atomic mass is 10.1. The van der Waals surface area contributed by atoms with E-state index in [4.69, 9.17) is 0 Å². The predicted octanol–water partition coefficient (Wildman–Crippen LogP) is 2.83. The Morgan fingerprint density at radius 3 is 2.70 bits per heavy atom. The monoisotopic (exact) mass is 291 g/mol. The van der Waals surface area contributed by atoms with Gasteiger partial charge in [0.15, 0.2) is 11.5 Å². The molecule has 2 rings (SSSR count). The molecular formula is C15H17NO3S. The summed E-state index contributed by atoms with van der Waals surface area (Å²) in [4.78, 5) is 14.5. The SMILES string of the molecule is Cc1ccc(CC(C)NC(=O)c2cccc(O)c2O)s1. The minimum atomic E-state index is -0.390. The van der Waals surface area contributed by atoms with E-state index in [1.807, 2.05) is 13.8 Å². The summed E-state index contributed by atoms with van der Waals surface area (Å²) >= 11 is 1.70. The van der Waals surface area contributed by atoms with Crippen molar-refractivity contribution in [3.05, 3.63) is 45.6 Å². The first-order valence-corrected chi connectivity index (χ1v) is 7.16. The zero-order chi connectivity index (χ0) is 14.7. The molecule has 1 atom stereocenters. The average Bonchev–Trinajstić information content (AvgIpc) is 2.77. The fourth-order valence-electron chi connectivity index (χ4n) is 1.96. The third-order valence-corrected chi connectivity index (χ3v) is 3.96. The maximum atomic E-state index is 12.0. The maximum Gasteiger partial charge on any atom is 0.255 e. The van der Waals surface area contributed by atoms with Gasteiger partial charge in [-0.05, 0) is 38.1 Å². The van der Waals surface area contributed by atoms with E-state index in [1.54, 1.807) is 11.3 Å². The minimum absolute atomic E-state index is 0.0534. The molecule has 0 radical (unpaired) electrons. The van der Waals surface area contributed by atoms with Crippen LogP contribution in [0.3, 0.4) is 0 Å². The van der Waals surface area contributed by atoms with Gasteiger partial charge in [-0.15, -0.1) is 11.3 Å². The van der Waals surface area contributed by atoms with Crippen molar-refractivity contribution in [1.29, 1.82) is 0 Å². The number of aromatic hydroxyl groups is 2. The maximum absolute atomic E-state index is 12.0. The van der Waals surface area contributed by atoms with Crippen molar-refractivity contribution < 1.29 is 15.0 Å². The van der Waals surface area contributed by atoms with Crippen molar-refractivity contribution in [2.24, 2.45) is 0 Å². The summed E-state index contributed by atoms with van der Waals surface area (Å²) in [5.41, 5.74) is 0.0826. The van der Waals surface area contributed by atoms with Crippen molar-refractivity contribution in [2.75, 3.05) is 0 Å². The molecule has 0 spiro atoms. The quantitative estimate of drug-likeness (QED) is 0.759. The lowest BCUT2D eigenvalue weighted by molar-refractivity contribution is 0.0937. The highest BCUT2D eigenvalue weighted by molar-refractivity contribution is 7.11. The largest absolute Gasteiger partial charge is 0.504 e. The van der Waals surface area contributed by atoms with Gasteiger partial charge in [-0.3, -0.25) is 4.79 Å². The standard InChI is InChI=1S/C15H17NO3S/c1-9(8-11-7-6-10(2)20-11)16-15(19)12-4-3-5-13(17)14(12)18/h3-7,9,17-18H,8H2,1-2H3,(H,16,19). The van der Waals surface area contributed by atoms with E-state index in [2.05, 4.69) is 17.4 Å². The first-order chi connectivity index (χ1) is 9.47. The van der Waals surface area contributed by atoms with E-state index in [0.717, 1.165) is 6.42 Å². The lowest BCUT2D eigenvalue weighted by Gasteiger charge is -2.14. The number of thiophene rings is 1. The van der Waals surface area contributed by atoms with Gasteiger partial charge in [-0.25, -0.2) is 0 Å². The number of hydrogen-bond donors (Lipinski definition) is 3. The molecule has 0 aliphatic carbocycles. The van der Waals surface area contributed by atoms with Gasteiger partial charge in [-0.1, -0.05) is 6.07 Å². The minimum Gasteiger partial charge on any atom is -0.504 e. The van der Waals surface area contributed by atoms with Crippen LogP contribution in [0.4, 0.5) is 0 Å². The Kier molecular flexibility index (Phi) is 4.29. The molecule has 0 aliphatic heterocycles. The first kappa shape index (κ1) is 14.4. The number of nitrogens with one attached hydrogen (secondary N) is 1. The van der Waals surface area contributed by atoms with Gasteiger partial charge < -0.3 is 15.5 Å². The molecule has 0 aliphatic rings. The molecule has 1 heterocycles. The smallest absolute Gasteiger partial charge is 0.255 e. The molecule has 1 aromatic heterocycles. The fraction of sp³-hybridized carbons (Fsp3) is 0.267. The van der Waals surface area contributed by atoms with Crippen LogP contribution in [0.1, 0.15) is 27.0 Å². The van der Waals surface area contributed by atoms with Crippen LogP contribution in [-0.4, -0.2) is 22.2 Å². The van der Waals surface area contributed by atoms with E-state index in [-0.39, 0.29) is 29.0 Å². The second-order valence-electron chi connectivity index (χ2n) is 4.76. The molecule has 1 unspecified atom stereocenters. The number of benzene rings is 1. The Labute approximate surface area is 121 Å². The van der Waals surface area contributed by atoms with Crippen LogP contribution in [0.2, 0.25) is 0 Å². The predicted molar refractivity (Wildman–Crippen MR) is 79.5 cm³/mol. The van der Waals surface area contributed by atoms with Crippen LogP contribution in [0.5, 0.6) is 11.5 Å². The number of rotatable bonds is 4. The molecule has 5 heteroatoms. The number of amides is 1. The molecule has 1 amide bonds. The Balaban J connectivity index is 2.02. The van der Waals surface area contributed by atoms with Crippen molar-refractivity contribution in [3.63, 3.8) is 0 Å². The Morgan fingerprint density at radius 1 is 1.30 bits per heavy atom. The van der Waals surface area contributed by atoms with Crippen LogP contribution >= 0.6 is 11.3 Å². The zero-order valence-corrected chi connectivity index (χ0v) is 12.2. The van der Waals surface area contributed by atoms with Crippen LogP contribution in [0.15, 0.2) is 30.3 Å². The summed E-state index contributed by atoms with van der Waals surface area (Å²) in [6.07, 6.45) is 0.740. The number of aryl methyl sites for hydroxylation is 1. The highest BCUT2D eigenvalue weighted by Crippen LogP contribution is 2.28. The highest BCUT2D eigenvalue weighted by Gasteiger charge is 2.16. The molecular weight excluding hydrogens is 274 g/mol. The molecule has 2 aromatic rings. The van der Waals surface area contributed by atoms with Crippen LogP contribution in [-0.2, 0) is 6.42 Å². The van der Waals surface area contributed by atoms with Crippen molar-refractivity contribution >= 4 is 17.2 Å². The molecule has 1 aromatic carbocycles. The number of hydrogen-bond acceptors (Lipinski definition) is 4. The zero-order valence-electron chi connectivity index (χ0n) is 11.4. The average molecular weight is 291 g/mol. The van der Waals surface area contributed by atoms with Gasteiger partial charge in [0.2, 0.25) is 0 Å². The number of para-hydroxylation sites is 1. The van der Waals surface area contributed by atoms with Gasteiger partial charge in [0, 0.05) is 22.2 Å². The van der Waals surface area contributed by atoms with Gasteiger partial charge in [0.05, 0.1) is 5.56 Å². The van der Waals surface area contributed by atoms with Gasteiger partial charge >= 0.3 is 0 Å². The van der Waals surface area contributed by atoms with E-state index >= 15 is 0 Å². The van der Waals surface area contributed by atoms with Crippen LogP contribution in [0.25, 0.3) is 0 Å². The third kappa shape index (κ3) is 3.30. The molecule has 3 N–H and O–H groups in total. The summed E-state index contributed by atoms with van der Waals surface area (Å²) in [7, 11) is 0. The summed E-state index contributed by atoms with van der Waals surface area (Å²) in [6.45, 7) is 3.95. The Hall–Kier alpha value is -2.01. The van der Waals surface area contributed by atoms with E-state index in [0.29, 0.717) is 0 Å². The number of phenols is 2. The van der Waals surface area contributed by atoms with E-state index < -0.39 is 0 Å². The van der Waals surface area contributed by atoms with Crippen molar-refractivity contribution in [1.82, 2.24) is 5.32 Å². The number of phenolic OH excluding ortho intramolecular Hbond substituents is 2. The summed E-state index contributed by atoms with van der Waals surface area (Å²) in [5.74, 6) is -1.07. The molecule has 0 fully saturated rings. The van der Waals surface area contributed by atoms with Crippen molar-refractivity contribution in [3.8, 4) is 11.5 Å². The van der Waals surface area contributed by atoms with Crippen LogP contribution < -0.4 is 5.32 Å². The lowest BCUT2D eigenvalue weighted by Crippen LogP contribution is -2.33. The third-order valence-electron chi connectivity index (χ3n) is 2.94. The summed E-state index contributed by atoms with van der Waals surface area (Å²) in [6, 6.07) is 8.39. The van der Waals surface area contributed by atoms with Crippen molar-refractivity contribution in [2.45, 2.75) is 26.3 Å². The number of carbonyl (C=O) groups excluding carboxylic acids is 1. The fourth-order valence-corrected chi connectivity index (χ4v) is 2.98. The highest BCUT2D eigenvalue weighted by atomic mass is 32.1. The van der Waals surface area contributed by atoms with E-state index in [9.17, 15) is 15.0 Å². The summed E-state index contributed by atoms with van der Waals surface area (Å²) in [5, 5.41) is 21.9. The summed E-state index contributed by atoms with van der Waals surface area (Å²) < 4.78 is 0. The van der Waals surface area contributed by atoms with Crippen LogP contribution in [0, 0.1) is 6.92 Å². The molecule has 0 bridgehead atoms. The Bertz CT molecular complexity index is 621. The first-order valence-electron chi connectivity index (χ1n) is 6.34. The van der Waals surface area contributed by atoms with Gasteiger partial charge in [0.25, 0.3) is 5.91 Å². The Morgan fingerprint density at radius 2 is 2.05 bits per heavy atom. The van der Waals surface area contributed by atoms with E-state index in [1.165, 1.54) is 28.0 Å². The topological polar surface area (TPSA) is 69.6 Å².